The second kappa shape index (κ2) is 9.34. The zero-order chi connectivity index (χ0) is 21.8. The van der Waals surface area contributed by atoms with Crippen molar-refractivity contribution >= 4 is 11.6 Å². The lowest BCUT2D eigenvalue weighted by molar-refractivity contribution is -0.385. The number of carbonyl (C=O) groups is 1. The Hall–Kier alpha value is -2.80. The average Bonchev–Trinajstić information content (AvgIpc) is 3.08. The quantitative estimate of drug-likeness (QED) is 0.504. The minimum Gasteiger partial charge on any atom is -0.340 e. The zero-order valence-electron chi connectivity index (χ0n) is 17.6. The minimum atomic E-state index is -0.351. The highest BCUT2D eigenvalue weighted by Crippen LogP contribution is 2.35. The van der Waals surface area contributed by atoms with E-state index < -0.39 is 0 Å². The molecule has 0 bridgehead atoms. The molecule has 6 nitrogen and oxygen atoms in total. The van der Waals surface area contributed by atoms with Gasteiger partial charge in [0.25, 0.3) is 5.69 Å². The third-order valence-corrected chi connectivity index (χ3v) is 5.86. The second-order valence-corrected chi connectivity index (χ2v) is 8.26. The van der Waals surface area contributed by atoms with Crippen molar-refractivity contribution in [3.05, 3.63) is 75.6 Å². The summed E-state index contributed by atoms with van der Waals surface area (Å²) in [4.78, 5) is 27.2. The van der Waals surface area contributed by atoms with Gasteiger partial charge in [0.15, 0.2) is 0 Å². The molecule has 1 fully saturated rings. The van der Waals surface area contributed by atoms with E-state index in [0.717, 1.165) is 5.56 Å². The van der Waals surface area contributed by atoms with Gasteiger partial charge in [-0.3, -0.25) is 19.8 Å². The van der Waals surface area contributed by atoms with Crippen LogP contribution < -0.4 is 0 Å². The topological polar surface area (TPSA) is 66.7 Å². The molecule has 160 valence electrons. The van der Waals surface area contributed by atoms with E-state index in [2.05, 4.69) is 4.90 Å². The molecule has 0 radical (unpaired) electrons. The van der Waals surface area contributed by atoms with Crippen LogP contribution in [0.3, 0.4) is 0 Å². The van der Waals surface area contributed by atoms with Gasteiger partial charge in [0.1, 0.15) is 5.82 Å². The van der Waals surface area contributed by atoms with Gasteiger partial charge in [-0.2, -0.15) is 0 Å². The van der Waals surface area contributed by atoms with Crippen molar-refractivity contribution < 1.29 is 14.1 Å². The highest BCUT2D eigenvalue weighted by atomic mass is 19.1. The van der Waals surface area contributed by atoms with E-state index in [1.54, 1.807) is 31.2 Å². The van der Waals surface area contributed by atoms with Crippen LogP contribution in [0.2, 0.25) is 0 Å². The number of rotatable bonds is 7. The number of carbonyl (C=O) groups excluding carboxylic acids is 1. The summed E-state index contributed by atoms with van der Waals surface area (Å²) >= 11 is 0. The van der Waals surface area contributed by atoms with Crippen LogP contribution in [-0.2, 0) is 11.3 Å². The van der Waals surface area contributed by atoms with Crippen molar-refractivity contribution in [1.29, 1.82) is 0 Å². The number of amides is 1. The normalized spacial score (nSPS) is 19.2. The maximum absolute atomic E-state index is 13.4. The first kappa shape index (κ1) is 21.9. The number of halogens is 1. The lowest BCUT2D eigenvalue weighted by atomic mass is 9.88. The Morgan fingerprint density at radius 2 is 1.87 bits per heavy atom. The van der Waals surface area contributed by atoms with E-state index in [-0.39, 0.29) is 40.2 Å². The lowest BCUT2D eigenvalue weighted by Crippen LogP contribution is -2.40. The Morgan fingerprint density at radius 1 is 1.20 bits per heavy atom. The molecular weight excluding hydrogens is 385 g/mol. The molecule has 0 spiro atoms. The molecule has 1 amide bonds. The van der Waals surface area contributed by atoms with Gasteiger partial charge < -0.3 is 4.90 Å². The van der Waals surface area contributed by atoms with Gasteiger partial charge in [0.2, 0.25) is 5.91 Å². The molecule has 7 heteroatoms. The molecule has 2 aromatic carbocycles. The Kier molecular flexibility index (Phi) is 6.82. The summed E-state index contributed by atoms with van der Waals surface area (Å²) in [6, 6.07) is 13.4. The van der Waals surface area contributed by atoms with E-state index >= 15 is 0 Å². The average molecular weight is 413 g/mol. The van der Waals surface area contributed by atoms with Crippen LogP contribution in [0.1, 0.15) is 37.8 Å². The molecule has 0 aliphatic carbocycles. The Labute approximate surface area is 176 Å². The molecule has 0 saturated carbocycles. The van der Waals surface area contributed by atoms with Crippen molar-refractivity contribution in [1.82, 2.24) is 9.80 Å². The van der Waals surface area contributed by atoms with E-state index in [4.69, 9.17) is 0 Å². The van der Waals surface area contributed by atoms with Gasteiger partial charge >= 0.3 is 0 Å². The van der Waals surface area contributed by atoms with Crippen molar-refractivity contribution in [2.24, 2.45) is 5.92 Å². The number of hydrogen-bond acceptors (Lipinski definition) is 4. The number of nitro benzene ring substituents is 1. The summed E-state index contributed by atoms with van der Waals surface area (Å²) in [5, 5.41) is 11.4. The molecule has 1 aliphatic rings. The summed E-state index contributed by atoms with van der Waals surface area (Å²) in [5.74, 6) is 0.0242. The van der Waals surface area contributed by atoms with Crippen LogP contribution in [-0.4, -0.2) is 46.3 Å². The molecule has 2 atom stereocenters. The van der Waals surface area contributed by atoms with Gasteiger partial charge in [-0.05, 0) is 37.5 Å². The molecular formula is C23H28FN3O3. The molecule has 2 aromatic rings. The SMILES string of the molecule is CC(=O)N(CC1CN(Cc2ccccc2[N+](=O)[O-])CC1c1ccc(F)cc1)C(C)C. The molecule has 1 heterocycles. The maximum atomic E-state index is 13.4. The highest BCUT2D eigenvalue weighted by molar-refractivity contribution is 5.73. The monoisotopic (exact) mass is 413 g/mol. The predicted octanol–water partition coefficient (Wildman–Crippen LogP) is 4.21. The number of para-hydroxylation sites is 1. The first-order chi connectivity index (χ1) is 14.3. The van der Waals surface area contributed by atoms with Gasteiger partial charge in [0, 0.05) is 56.7 Å². The van der Waals surface area contributed by atoms with E-state index in [1.165, 1.54) is 18.2 Å². The van der Waals surface area contributed by atoms with Gasteiger partial charge in [-0.1, -0.05) is 30.3 Å². The summed E-state index contributed by atoms with van der Waals surface area (Å²) in [6.07, 6.45) is 0. The van der Waals surface area contributed by atoms with Gasteiger partial charge in [-0.15, -0.1) is 0 Å². The van der Waals surface area contributed by atoms with Crippen LogP contribution >= 0.6 is 0 Å². The molecule has 0 N–H and O–H groups in total. The summed E-state index contributed by atoms with van der Waals surface area (Å²) < 4.78 is 13.4. The zero-order valence-corrected chi connectivity index (χ0v) is 17.6. The fourth-order valence-corrected chi connectivity index (χ4v) is 4.38. The molecule has 1 aliphatic heterocycles. The van der Waals surface area contributed by atoms with Crippen molar-refractivity contribution in [2.75, 3.05) is 19.6 Å². The van der Waals surface area contributed by atoms with Crippen molar-refractivity contribution in [2.45, 2.75) is 39.3 Å². The van der Waals surface area contributed by atoms with Gasteiger partial charge in [-0.25, -0.2) is 4.39 Å². The van der Waals surface area contributed by atoms with E-state index in [0.29, 0.717) is 31.7 Å². The molecule has 2 unspecified atom stereocenters. The maximum Gasteiger partial charge on any atom is 0.273 e. The number of likely N-dealkylation sites (tertiary alicyclic amines) is 1. The van der Waals surface area contributed by atoms with Crippen LogP contribution in [0, 0.1) is 21.8 Å². The summed E-state index contributed by atoms with van der Waals surface area (Å²) in [6.45, 7) is 8.04. The smallest absolute Gasteiger partial charge is 0.273 e. The Morgan fingerprint density at radius 3 is 2.47 bits per heavy atom. The van der Waals surface area contributed by atoms with Gasteiger partial charge in [0.05, 0.1) is 4.92 Å². The largest absolute Gasteiger partial charge is 0.340 e. The van der Waals surface area contributed by atoms with Crippen molar-refractivity contribution in [3.8, 4) is 0 Å². The van der Waals surface area contributed by atoms with E-state index in [1.807, 2.05) is 24.8 Å². The summed E-state index contributed by atoms with van der Waals surface area (Å²) in [7, 11) is 0. The summed E-state index contributed by atoms with van der Waals surface area (Å²) in [5.41, 5.74) is 1.82. The number of benzene rings is 2. The Balaban J connectivity index is 1.85. The number of hydrogen-bond donors (Lipinski definition) is 0. The van der Waals surface area contributed by atoms with Crippen LogP contribution in [0.25, 0.3) is 0 Å². The molecule has 3 rings (SSSR count). The van der Waals surface area contributed by atoms with Crippen LogP contribution in [0.15, 0.2) is 48.5 Å². The lowest BCUT2D eigenvalue weighted by Gasteiger charge is -2.30. The third-order valence-electron chi connectivity index (χ3n) is 5.86. The minimum absolute atomic E-state index is 0.0278. The van der Waals surface area contributed by atoms with Crippen LogP contribution in [0.4, 0.5) is 10.1 Å². The van der Waals surface area contributed by atoms with Crippen molar-refractivity contribution in [3.63, 3.8) is 0 Å². The fraction of sp³-hybridized carbons (Fsp3) is 0.435. The first-order valence-corrected chi connectivity index (χ1v) is 10.2. The molecule has 30 heavy (non-hydrogen) atoms. The third kappa shape index (κ3) is 5.02. The Bertz CT molecular complexity index is 901. The number of nitro groups is 1. The predicted molar refractivity (Wildman–Crippen MR) is 114 cm³/mol. The standard InChI is InChI=1S/C23H28FN3O3/c1-16(2)26(17(3)28)14-20-13-25(12-19-6-4-5-7-23(19)27(29)30)15-22(20)18-8-10-21(24)11-9-18/h4-11,16,20,22H,12-15H2,1-3H3. The first-order valence-electron chi connectivity index (χ1n) is 10.2. The van der Waals surface area contributed by atoms with E-state index in [9.17, 15) is 19.3 Å². The molecule has 0 aromatic heterocycles. The number of nitrogens with zero attached hydrogens (tertiary/aromatic N) is 3. The highest BCUT2D eigenvalue weighted by Gasteiger charge is 2.36. The van der Waals surface area contributed by atoms with Crippen LogP contribution in [0.5, 0.6) is 0 Å². The molecule has 1 saturated heterocycles. The fourth-order valence-electron chi connectivity index (χ4n) is 4.38. The second-order valence-electron chi connectivity index (χ2n) is 8.26.